The molecular weight excluding hydrogens is 550 g/mol. The Labute approximate surface area is 248 Å². The van der Waals surface area contributed by atoms with Gasteiger partial charge in [-0.3, -0.25) is 24.1 Å². The summed E-state index contributed by atoms with van der Waals surface area (Å²) in [6, 6.07) is 18.2. The minimum atomic E-state index is -0.867. The molecule has 0 radical (unpaired) electrons. The van der Waals surface area contributed by atoms with E-state index < -0.39 is 23.6 Å². The molecule has 2 atom stereocenters. The molecule has 10 nitrogen and oxygen atoms in total. The first-order valence-electron chi connectivity index (χ1n) is 14.2. The third kappa shape index (κ3) is 5.68. The van der Waals surface area contributed by atoms with E-state index in [2.05, 4.69) is 11.4 Å². The van der Waals surface area contributed by atoms with E-state index in [-0.39, 0.29) is 37.3 Å². The molecule has 10 heteroatoms. The van der Waals surface area contributed by atoms with E-state index in [9.17, 15) is 19.2 Å². The van der Waals surface area contributed by atoms with Crippen LogP contribution in [0.2, 0.25) is 0 Å². The number of benzene rings is 3. The molecule has 3 amide bonds. The Morgan fingerprint density at radius 3 is 2.58 bits per heavy atom. The van der Waals surface area contributed by atoms with Crippen molar-refractivity contribution in [3.05, 3.63) is 90.0 Å². The van der Waals surface area contributed by atoms with Crippen molar-refractivity contribution in [3.8, 4) is 17.2 Å². The SMILES string of the molecule is COc1ccc(CN(C(=O)CN2C(=O)C(=O)c3ccccc32)[C@@H](C(=O)Nc2ccc3c(c2)OCO3)[C@H]2CC=CCC2)cc1. The highest BCUT2D eigenvalue weighted by Crippen LogP contribution is 2.35. The highest BCUT2D eigenvalue weighted by molar-refractivity contribution is 6.52. The highest BCUT2D eigenvalue weighted by Gasteiger charge is 2.41. The van der Waals surface area contributed by atoms with Gasteiger partial charge in [0.25, 0.3) is 11.7 Å². The van der Waals surface area contributed by atoms with E-state index in [4.69, 9.17) is 14.2 Å². The van der Waals surface area contributed by atoms with E-state index in [0.29, 0.717) is 41.5 Å². The van der Waals surface area contributed by atoms with E-state index in [1.807, 2.05) is 18.2 Å². The van der Waals surface area contributed by atoms with Gasteiger partial charge >= 0.3 is 0 Å². The zero-order valence-electron chi connectivity index (χ0n) is 23.7. The van der Waals surface area contributed by atoms with Gasteiger partial charge in [0.05, 0.1) is 18.4 Å². The number of ether oxygens (including phenoxy) is 3. The van der Waals surface area contributed by atoms with Crippen LogP contribution >= 0.6 is 0 Å². The van der Waals surface area contributed by atoms with Gasteiger partial charge < -0.3 is 24.4 Å². The lowest BCUT2D eigenvalue weighted by Crippen LogP contribution is -2.54. The number of carbonyl (C=O) groups excluding carboxylic acids is 4. The van der Waals surface area contributed by atoms with E-state index >= 15 is 0 Å². The molecule has 0 saturated heterocycles. The summed E-state index contributed by atoms with van der Waals surface area (Å²) >= 11 is 0. The minimum Gasteiger partial charge on any atom is -0.497 e. The fraction of sp³-hybridized carbons (Fsp3) is 0.273. The zero-order valence-corrected chi connectivity index (χ0v) is 23.7. The summed E-state index contributed by atoms with van der Waals surface area (Å²) < 4.78 is 16.2. The Kier molecular flexibility index (Phi) is 7.83. The first-order valence-corrected chi connectivity index (χ1v) is 14.2. The number of fused-ring (bicyclic) bond motifs is 2. The standard InChI is InChI=1S/C33H31N3O7/c1-41-24-14-11-21(12-15-24)18-36(29(37)19-35-26-10-6-5-9-25(26)31(38)33(35)40)30(22-7-3-2-4-8-22)32(39)34-23-13-16-27-28(17-23)43-20-42-27/h2-3,5-6,9-17,22,30H,4,7-8,18-20H2,1H3,(H,34,39)/t22-,30+/m0/s1. The molecule has 1 N–H and O–H groups in total. The number of amides is 3. The number of rotatable bonds is 9. The van der Waals surface area contributed by atoms with Crippen LogP contribution in [0.4, 0.5) is 11.4 Å². The summed E-state index contributed by atoms with van der Waals surface area (Å²) in [5.74, 6) is -0.622. The Morgan fingerprint density at radius 1 is 1.02 bits per heavy atom. The molecule has 0 unspecified atom stereocenters. The monoisotopic (exact) mass is 581 g/mol. The van der Waals surface area contributed by atoms with E-state index in [0.717, 1.165) is 12.0 Å². The lowest BCUT2D eigenvalue weighted by molar-refractivity contribution is -0.140. The lowest BCUT2D eigenvalue weighted by Gasteiger charge is -2.37. The predicted octanol–water partition coefficient (Wildman–Crippen LogP) is 4.35. The van der Waals surface area contributed by atoms with Gasteiger partial charge in [-0.15, -0.1) is 0 Å². The maximum atomic E-state index is 14.2. The molecular formula is C33H31N3O7. The molecule has 2 aliphatic heterocycles. The summed E-state index contributed by atoms with van der Waals surface area (Å²) in [6.45, 7) is -0.164. The molecule has 3 aromatic rings. The molecule has 0 fully saturated rings. The van der Waals surface area contributed by atoms with Gasteiger partial charge in [0.2, 0.25) is 18.6 Å². The maximum Gasteiger partial charge on any atom is 0.299 e. The maximum absolute atomic E-state index is 14.2. The van der Waals surface area contributed by atoms with Gasteiger partial charge in [-0.2, -0.15) is 0 Å². The molecule has 1 aliphatic carbocycles. The summed E-state index contributed by atoms with van der Waals surface area (Å²) in [6.07, 6.45) is 6.19. The Bertz CT molecular complexity index is 1600. The highest BCUT2D eigenvalue weighted by atomic mass is 16.7. The van der Waals surface area contributed by atoms with Gasteiger partial charge in [0, 0.05) is 18.3 Å². The number of methoxy groups -OCH3 is 1. The number of hydrogen-bond donors (Lipinski definition) is 1. The molecule has 43 heavy (non-hydrogen) atoms. The second-order valence-corrected chi connectivity index (χ2v) is 10.7. The molecule has 6 rings (SSSR count). The summed E-state index contributed by atoms with van der Waals surface area (Å²) in [7, 11) is 1.57. The van der Waals surface area contributed by atoms with Crippen LogP contribution in [0.15, 0.2) is 78.9 Å². The van der Waals surface area contributed by atoms with Crippen LogP contribution in [-0.4, -0.2) is 54.9 Å². The fourth-order valence-electron chi connectivity index (χ4n) is 5.80. The first-order chi connectivity index (χ1) is 20.9. The second-order valence-electron chi connectivity index (χ2n) is 10.7. The van der Waals surface area contributed by atoms with E-state index in [1.54, 1.807) is 61.7 Å². The fourth-order valence-corrected chi connectivity index (χ4v) is 5.80. The average Bonchev–Trinajstić information content (AvgIpc) is 3.60. The third-order valence-electron chi connectivity index (χ3n) is 8.01. The van der Waals surface area contributed by atoms with Crippen molar-refractivity contribution in [3.63, 3.8) is 0 Å². The number of allylic oxidation sites excluding steroid dienone is 2. The molecule has 3 aromatic carbocycles. The van der Waals surface area contributed by atoms with Gasteiger partial charge in [-0.05, 0) is 67.1 Å². The third-order valence-corrected chi connectivity index (χ3v) is 8.01. The zero-order chi connectivity index (χ0) is 29.9. The van der Waals surface area contributed by atoms with E-state index in [1.165, 1.54) is 9.80 Å². The van der Waals surface area contributed by atoms with Crippen molar-refractivity contribution < 1.29 is 33.4 Å². The normalized spacial score (nSPS) is 17.4. The van der Waals surface area contributed by atoms with Crippen LogP contribution in [0.3, 0.4) is 0 Å². The number of anilines is 2. The summed E-state index contributed by atoms with van der Waals surface area (Å²) in [5, 5.41) is 2.99. The van der Waals surface area contributed by atoms with Gasteiger partial charge in [-0.25, -0.2) is 0 Å². The largest absolute Gasteiger partial charge is 0.497 e. The summed E-state index contributed by atoms with van der Waals surface area (Å²) in [4.78, 5) is 56.8. The summed E-state index contributed by atoms with van der Waals surface area (Å²) in [5.41, 5.74) is 1.94. The minimum absolute atomic E-state index is 0.106. The molecule has 0 aromatic heterocycles. The Hall–Kier alpha value is -5.12. The molecule has 0 spiro atoms. The number of nitrogens with one attached hydrogen (secondary N) is 1. The van der Waals surface area contributed by atoms with Crippen molar-refractivity contribution in [1.29, 1.82) is 0 Å². The Balaban J connectivity index is 1.34. The predicted molar refractivity (Wildman–Crippen MR) is 158 cm³/mol. The van der Waals surface area contributed by atoms with Gasteiger partial charge in [0.1, 0.15) is 18.3 Å². The number of hydrogen-bond acceptors (Lipinski definition) is 7. The topological polar surface area (TPSA) is 114 Å². The first kappa shape index (κ1) is 28.0. The van der Waals surface area contributed by atoms with Crippen LogP contribution < -0.4 is 24.4 Å². The quantitative estimate of drug-likeness (QED) is 0.295. The number of nitrogens with zero attached hydrogens (tertiary/aromatic N) is 2. The molecule has 3 aliphatic rings. The smallest absolute Gasteiger partial charge is 0.299 e. The van der Waals surface area contributed by atoms with Crippen LogP contribution in [0, 0.1) is 5.92 Å². The van der Waals surface area contributed by atoms with Gasteiger partial charge in [0.15, 0.2) is 11.5 Å². The van der Waals surface area contributed by atoms with Crippen molar-refractivity contribution in [2.24, 2.45) is 5.92 Å². The number of carbonyl (C=O) groups is 4. The Morgan fingerprint density at radius 2 is 1.81 bits per heavy atom. The molecule has 220 valence electrons. The van der Waals surface area contributed by atoms with Crippen LogP contribution in [0.25, 0.3) is 0 Å². The van der Waals surface area contributed by atoms with Gasteiger partial charge in [-0.1, -0.05) is 36.4 Å². The van der Waals surface area contributed by atoms with Crippen molar-refractivity contribution in [2.45, 2.75) is 31.8 Å². The molecule has 0 bridgehead atoms. The van der Waals surface area contributed by atoms with Crippen molar-refractivity contribution >= 4 is 34.9 Å². The van der Waals surface area contributed by atoms with Crippen LogP contribution in [-0.2, 0) is 20.9 Å². The lowest BCUT2D eigenvalue weighted by atomic mass is 9.85. The number of ketones is 1. The van der Waals surface area contributed by atoms with Crippen molar-refractivity contribution in [2.75, 3.05) is 30.7 Å². The second kappa shape index (κ2) is 12.0. The molecule has 0 saturated carbocycles. The average molecular weight is 582 g/mol. The number of para-hydroxylation sites is 1. The molecule has 2 heterocycles. The number of Topliss-reactive ketones (excluding diaryl/α,β-unsaturated/α-hetero) is 1. The van der Waals surface area contributed by atoms with Crippen molar-refractivity contribution in [1.82, 2.24) is 4.90 Å². The van der Waals surface area contributed by atoms with Crippen LogP contribution in [0.5, 0.6) is 17.2 Å². The van der Waals surface area contributed by atoms with Crippen LogP contribution in [0.1, 0.15) is 35.2 Å².